The highest BCUT2D eigenvalue weighted by Crippen LogP contribution is 2.39. The third-order valence-electron chi connectivity index (χ3n) is 3.68. The molecule has 1 heterocycles. The molecule has 24 heavy (non-hydrogen) atoms. The average molecular weight is 360 g/mol. The van der Waals surface area contributed by atoms with Crippen LogP contribution in [0.5, 0.6) is 5.75 Å². The number of benzene rings is 2. The van der Waals surface area contributed by atoms with Crippen LogP contribution in [0, 0.1) is 0 Å². The number of allylic oxidation sites excluding steroid dienone is 1. The number of methoxy groups -OCH3 is 1. The zero-order chi connectivity index (χ0) is 17.3. The van der Waals surface area contributed by atoms with E-state index in [0.29, 0.717) is 21.4 Å². The van der Waals surface area contributed by atoms with Gasteiger partial charge in [-0.3, -0.25) is 9.59 Å². The Morgan fingerprint density at radius 2 is 1.88 bits per heavy atom. The molecule has 0 spiro atoms. The van der Waals surface area contributed by atoms with Crippen molar-refractivity contribution in [1.29, 1.82) is 0 Å². The maximum absolute atomic E-state index is 12.7. The smallest absolute Gasteiger partial charge is 0.298 e. The molecule has 6 heteroatoms. The highest BCUT2D eigenvalue weighted by Gasteiger charge is 2.37. The van der Waals surface area contributed by atoms with Gasteiger partial charge in [0.2, 0.25) is 0 Å². The molecule has 2 aromatic carbocycles. The Hall–Kier alpha value is -2.24. The summed E-state index contributed by atoms with van der Waals surface area (Å²) in [5.41, 5.74) is 2.05. The Labute approximate surface area is 149 Å². The van der Waals surface area contributed by atoms with E-state index in [9.17, 15) is 9.59 Å². The number of ether oxygens (including phenoxy) is 1. The van der Waals surface area contributed by atoms with Gasteiger partial charge in [0.25, 0.3) is 11.1 Å². The van der Waals surface area contributed by atoms with Crippen LogP contribution in [0.2, 0.25) is 5.02 Å². The number of anilines is 1. The molecule has 0 aromatic heterocycles. The summed E-state index contributed by atoms with van der Waals surface area (Å²) < 4.78 is 5.21. The summed E-state index contributed by atoms with van der Waals surface area (Å²) in [4.78, 5) is 26.6. The zero-order valence-electron chi connectivity index (χ0n) is 13.1. The van der Waals surface area contributed by atoms with Crippen molar-refractivity contribution in [2.24, 2.45) is 0 Å². The Kier molecular flexibility index (Phi) is 4.64. The van der Waals surface area contributed by atoms with Gasteiger partial charge < -0.3 is 4.74 Å². The predicted molar refractivity (Wildman–Crippen MR) is 97.5 cm³/mol. The molecule has 0 aliphatic carbocycles. The van der Waals surface area contributed by atoms with Gasteiger partial charge >= 0.3 is 0 Å². The largest absolute Gasteiger partial charge is 0.497 e. The molecule has 3 rings (SSSR count). The topological polar surface area (TPSA) is 46.6 Å². The molecule has 1 saturated heterocycles. The van der Waals surface area contributed by atoms with Gasteiger partial charge in [-0.1, -0.05) is 29.8 Å². The Morgan fingerprint density at radius 1 is 1.12 bits per heavy atom. The molecule has 0 unspecified atom stereocenters. The van der Waals surface area contributed by atoms with Crippen molar-refractivity contribution >= 4 is 45.8 Å². The molecule has 0 atom stereocenters. The lowest BCUT2D eigenvalue weighted by molar-refractivity contribution is -0.113. The monoisotopic (exact) mass is 359 g/mol. The van der Waals surface area contributed by atoms with Crippen LogP contribution in [-0.2, 0) is 4.79 Å². The van der Waals surface area contributed by atoms with E-state index in [1.54, 1.807) is 31.4 Å². The maximum atomic E-state index is 12.7. The van der Waals surface area contributed by atoms with Gasteiger partial charge in [-0.2, -0.15) is 0 Å². The minimum absolute atomic E-state index is 0.334. The fourth-order valence-corrected chi connectivity index (χ4v) is 3.51. The SMILES string of the molecule is COc1cccc(/C(C)=C2\SC(=O)N(c3cccc(Cl)c3)C2=O)c1. The second kappa shape index (κ2) is 6.71. The molecular formula is C18H14ClNO3S. The van der Waals surface area contributed by atoms with Crippen molar-refractivity contribution in [3.05, 3.63) is 64.0 Å². The van der Waals surface area contributed by atoms with Crippen LogP contribution < -0.4 is 9.64 Å². The molecule has 122 valence electrons. The maximum Gasteiger partial charge on any atom is 0.298 e. The number of amides is 2. The Balaban J connectivity index is 2.01. The molecule has 2 aromatic rings. The van der Waals surface area contributed by atoms with Gasteiger partial charge in [-0.25, -0.2) is 4.90 Å². The quantitative estimate of drug-likeness (QED) is 0.725. The van der Waals surface area contributed by atoms with Gasteiger partial charge in [0.1, 0.15) is 5.75 Å². The molecule has 0 bridgehead atoms. The second-order valence-corrected chi connectivity index (χ2v) is 6.57. The number of rotatable bonds is 3. The first-order valence-electron chi connectivity index (χ1n) is 7.18. The summed E-state index contributed by atoms with van der Waals surface area (Å²) in [6.07, 6.45) is 0. The van der Waals surface area contributed by atoms with Crippen LogP contribution >= 0.6 is 23.4 Å². The molecule has 4 nitrogen and oxygen atoms in total. The third-order valence-corrected chi connectivity index (χ3v) is 4.96. The fourth-order valence-electron chi connectivity index (χ4n) is 2.42. The van der Waals surface area contributed by atoms with Gasteiger partial charge in [0, 0.05) is 5.02 Å². The van der Waals surface area contributed by atoms with E-state index in [1.807, 2.05) is 31.2 Å². The molecule has 0 N–H and O–H groups in total. The lowest BCUT2D eigenvalue weighted by Gasteiger charge is -2.13. The van der Waals surface area contributed by atoms with Crippen LogP contribution in [0.15, 0.2) is 53.4 Å². The summed E-state index contributed by atoms with van der Waals surface area (Å²) in [6, 6.07) is 14.1. The first-order valence-corrected chi connectivity index (χ1v) is 8.38. The molecule has 2 amide bonds. The minimum Gasteiger partial charge on any atom is -0.497 e. The first-order chi connectivity index (χ1) is 11.5. The standard InChI is InChI=1S/C18H14ClNO3S/c1-11(12-5-3-8-15(9-12)23-2)16-17(21)20(18(22)24-16)14-7-4-6-13(19)10-14/h3-10H,1-2H3/b16-11-. The third kappa shape index (κ3) is 3.05. The van der Waals surface area contributed by atoms with Crippen molar-refractivity contribution < 1.29 is 14.3 Å². The lowest BCUT2D eigenvalue weighted by Crippen LogP contribution is -2.27. The van der Waals surface area contributed by atoms with Crippen LogP contribution in [0.3, 0.4) is 0 Å². The molecular weight excluding hydrogens is 346 g/mol. The zero-order valence-corrected chi connectivity index (χ0v) is 14.6. The van der Waals surface area contributed by atoms with Crippen molar-refractivity contribution in [3.8, 4) is 5.75 Å². The highest BCUT2D eigenvalue weighted by molar-refractivity contribution is 8.19. The van der Waals surface area contributed by atoms with Crippen molar-refractivity contribution in [1.82, 2.24) is 0 Å². The number of hydrogen-bond donors (Lipinski definition) is 0. The fraction of sp³-hybridized carbons (Fsp3) is 0.111. The van der Waals surface area contributed by atoms with Gasteiger partial charge in [-0.15, -0.1) is 0 Å². The van der Waals surface area contributed by atoms with Gasteiger partial charge in [-0.05, 0) is 60.2 Å². The second-order valence-electron chi connectivity index (χ2n) is 5.17. The summed E-state index contributed by atoms with van der Waals surface area (Å²) in [6.45, 7) is 1.82. The molecule has 1 aliphatic rings. The highest BCUT2D eigenvalue weighted by atomic mass is 35.5. The van der Waals surface area contributed by atoms with Crippen LogP contribution in [0.25, 0.3) is 5.57 Å². The summed E-state index contributed by atoms with van der Waals surface area (Å²) >= 11 is 6.90. The molecule has 1 fully saturated rings. The minimum atomic E-state index is -0.340. The van der Waals surface area contributed by atoms with Crippen molar-refractivity contribution in [3.63, 3.8) is 0 Å². The number of nitrogens with zero attached hydrogens (tertiary/aromatic N) is 1. The lowest BCUT2D eigenvalue weighted by atomic mass is 10.1. The summed E-state index contributed by atoms with van der Waals surface area (Å²) in [7, 11) is 1.58. The number of carbonyl (C=O) groups excluding carboxylic acids is 2. The number of hydrogen-bond acceptors (Lipinski definition) is 4. The molecule has 1 aliphatic heterocycles. The van der Waals surface area contributed by atoms with Gasteiger partial charge in [0.05, 0.1) is 17.7 Å². The number of imide groups is 1. The van der Waals surface area contributed by atoms with Crippen molar-refractivity contribution in [2.75, 3.05) is 12.0 Å². The van der Waals surface area contributed by atoms with E-state index >= 15 is 0 Å². The molecule has 0 saturated carbocycles. The summed E-state index contributed by atoms with van der Waals surface area (Å²) in [5, 5.41) is 0.138. The number of carbonyl (C=O) groups is 2. The van der Waals surface area contributed by atoms with E-state index in [-0.39, 0.29) is 11.1 Å². The van der Waals surface area contributed by atoms with E-state index in [0.717, 1.165) is 27.8 Å². The number of halogens is 1. The summed E-state index contributed by atoms with van der Waals surface area (Å²) in [5.74, 6) is 0.355. The van der Waals surface area contributed by atoms with Crippen molar-refractivity contribution in [2.45, 2.75) is 6.92 Å². The average Bonchev–Trinajstić information content (AvgIpc) is 2.88. The van der Waals surface area contributed by atoms with E-state index < -0.39 is 0 Å². The van der Waals surface area contributed by atoms with Gasteiger partial charge in [0.15, 0.2) is 0 Å². The normalized spacial score (nSPS) is 16.5. The first kappa shape index (κ1) is 16.6. The van der Waals surface area contributed by atoms with Crippen LogP contribution in [0.1, 0.15) is 12.5 Å². The van der Waals surface area contributed by atoms with E-state index in [2.05, 4.69) is 0 Å². The van der Waals surface area contributed by atoms with E-state index in [4.69, 9.17) is 16.3 Å². The Morgan fingerprint density at radius 3 is 2.58 bits per heavy atom. The molecule has 0 radical (unpaired) electrons. The van der Waals surface area contributed by atoms with Crippen LogP contribution in [-0.4, -0.2) is 18.3 Å². The van der Waals surface area contributed by atoms with Crippen LogP contribution in [0.4, 0.5) is 10.5 Å². The number of thioether (sulfide) groups is 1. The Bertz CT molecular complexity index is 863. The predicted octanol–water partition coefficient (Wildman–Crippen LogP) is 4.98. The van der Waals surface area contributed by atoms with E-state index in [1.165, 1.54) is 0 Å².